The van der Waals surface area contributed by atoms with Gasteiger partial charge in [0.1, 0.15) is 5.69 Å². The Hall–Kier alpha value is -6.06. The third-order valence-corrected chi connectivity index (χ3v) is 8.22. The van der Waals surface area contributed by atoms with E-state index < -0.39 is 0 Å². The molecule has 2 heterocycles. The van der Waals surface area contributed by atoms with Gasteiger partial charge in [-0.1, -0.05) is 133 Å². The molecule has 0 unspecified atom stereocenters. The van der Waals surface area contributed by atoms with Crippen LogP contribution in [0, 0.1) is 0 Å². The third-order valence-electron chi connectivity index (χ3n) is 8.22. The Kier molecular flexibility index (Phi) is 6.82. The van der Waals surface area contributed by atoms with Gasteiger partial charge in [-0.2, -0.15) is 5.10 Å². The lowest BCUT2D eigenvalue weighted by Crippen LogP contribution is -1.96. The lowest BCUT2D eigenvalue weighted by Gasteiger charge is -2.11. The normalized spacial score (nSPS) is 11.1. The van der Waals surface area contributed by atoms with E-state index in [4.69, 9.17) is 10.1 Å². The highest BCUT2D eigenvalue weighted by Crippen LogP contribution is 2.36. The molecule has 6 aromatic carbocycles. The molecule has 0 saturated heterocycles. The first-order valence-corrected chi connectivity index (χ1v) is 15.2. The molecule has 0 amide bonds. The van der Waals surface area contributed by atoms with Crippen LogP contribution in [0.3, 0.4) is 0 Å². The smallest absolute Gasteiger partial charge is 0.101 e. The minimum absolute atomic E-state index is 0.925. The van der Waals surface area contributed by atoms with Crippen molar-refractivity contribution in [2.24, 2.45) is 0 Å². The van der Waals surface area contributed by atoms with Crippen molar-refractivity contribution in [2.75, 3.05) is 0 Å². The summed E-state index contributed by atoms with van der Waals surface area (Å²) in [6, 6.07) is 61.4. The molecule has 3 heteroatoms. The van der Waals surface area contributed by atoms with Crippen molar-refractivity contribution in [3.8, 4) is 61.7 Å². The summed E-state index contributed by atoms with van der Waals surface area (Å²) >= 11 is 0. The van der Waals surface area contributed by atoms with Crippen LogP contribution in [-0.4, -0.2) is 14.8 Å². The minimum Gasteiger partial charge on any atom is -0.248 e. The highest BCUT2D eigenvalue weighted by molar-refractivity contribution is 5.97. The Morgan fingerprint density at radius 2 is 0.889 bits per heavy atom. The van der Waals surface area contributed by atoms with Crippen molar-refractivity contribution in [3.63, 3.8) is 0 Å². The zero-order valence-electron chi connectivity index (χ0n) is 24.6. The van der Waals surface area contributed by atoms with Gasteiger partial charge in [-0.05, 0) is 64.7 Å². The molecule has 2 aromatic heterocycles. The van der Waals surface area contributed by atoms with Crippen LogP contribution in [0.4, 0.5) is 0 Å². The number of fused-ring (bicyclic) bond motifs is 1. The van der Waals surface area contributed by atoms with Crippen LogP contribution < -0.4 is 0 Å². The van der Waals surface area contributed by atoms with Gasteiger partial charge in [0.2, 0.25) is 0 Å². The van der Waals surface area contributed by atoms with Crippen LogP contribution in [0.1, 0.15) is 0 Å². The van der Waals surface area contributed by atoms with Crippen LogP contribution in [-0.2, 0) is 0 Å². The number of aromatic nitrogens is 3. The first-order chi connectivity index (χ1) is 22.3. The monoisotopic (exact) mass is 575 g/mol. The summed E-state index contributed by atoms with van der Waals surface area (Å²) in [5, 5.41) is 6.33. The van der Waals surface area contributed by atoms with Gasteiger partial charge < -0.3 is 0 Å². The third kappa shape index (κ3) is 5.21. The molecule has 0 atom stereocenters. The maximum atomic E-state index is 5.23. The van der Waals surface area contributed by atoms with Crippen molar-refractivity contribution >= 4 is 10.9 Å². The molecule has 8 rings (SSSR count). The second-order valence-corrected chi connectivity index (χ2v) is 11.1. The van der Waals surface area contributed by atoms with Crippen molar-refractivity contribution in [3.05, 3.63) is 176 Å². The quantitative estimate of drug-likeness (QED) is 0.197. The molecule has 0 aliphatic carbocycles. The van der Waals surface area contributed by atoms with E-state index >= 15 is 0 Å². The maximum Gasteiger partial charge on any atom is 0.101 e. The second kappa shape index (κ2) is 11.6. The molecule has 0 aliphatic rings. The fourth-order valence-electron chi connectivity index (χ4n) is 5.97. The van der Waals surface area contributed by atoms with Crippen molar-refractivity contribution < 1.29 is 0 Å². The summed E-state index contributed by atoms with van der Waals surface area (Å²) in [5.74, 6) is 0. The van der Waals surface area contributed by atoms with Gasteiger partial charge in [-0.3, -0.25) is 0 Å². The zero-order chi connectivity index (χ0) is 30.0. The standard InChI is InChI=1S/C42H29N3/c1-5-14-30(15-6-1)33-24-25-41-38(27-33)42(44-45(41)37-22-11-4-12-23-37)35-21-13-20-34(26-35)40-29-36(31-16-7-2-8-17-31)28-39(43-40)32-18-9-3-10-19-32/h1-29H. The molecule has 0 spiro atoms. The summed E-state index contributed by atoms with van der Waals surface area (Å²) in [4.78, 5) is 5.18. The van der Waals surface area contributed by atoms with Crippen LogP contribution in [0.25, 0.3) is 72.6 Å². The summed E-state index contributed by atoms with van der Waals surface area (Å²) < 4.78 is 2.05. The fraction of sp³-hybridized carbons (Fsp3) is 0. The number of nitrogens with zero attached hydrogens (tertiary/aromatic N) is 3. The molecule has 0 aliphatic heterocycles. The highest BCUT2D eigenvalue weighted by atomic mass is 15.3. The van der Waals surface area contributed by atoms with Gasteiger partial charge in [-0.25, -0.2) is 9.67 Å². The molecule has 0 N–H and O–H groups in total. The topological polar surface area (TPSA) is 30.7 Å². The Morgan fingerprint density at radius 3 is 1.56 bits per heavy atom. The number of pyridine rings is 1. The van der Waals surface area contributed by atoms with Crippen LogP contribution in [0.2, 0.25) is 0 Å². The van der Waals surface area contributed by atoms with Gasteiger partial charge in [0.25, 0.3) is 0 Å². The van der Waals surface area contributed by atoms with Crippen LogP contribution in [0.5, 0.6) is 0 Å². The van der Waals surface area contributed by atoms with E-state index in [2.05, 4.69) is 164 Å². The number of para-hydroxylation sites is 1. The lowest BCUT2D eigenvalue weighted by atomic mass is 9.97. The van der Waals surface area contributed by atoms with Crippen molar-refractivity contribution in [1.29, 1.82) is 0 Å². The van der Waals surface area contributed by atoms with Gasteiger partial charge in [0, 0.05) is 22.1 Å². The number of hydrogen-bond acceptors (Lipinski definition) is 2. The molecule has 0 fully saturated rings. The summed E-state index contributed by atoms with van der Waals surface area (Å²) in [7, 11) is 0. The average Bonchev–Trinajstić information content (AvgIpc) is 3.52. The minimum atomic E-state index is 0.925. The van der Waals surface area contributed by atoms with Crippen LogP contribution >= 0.6 is 0 Å². The molecule has 212 valence electrons. The second-order valence-electron chi connectivity index (χ2n) is 11.1. The molecule has 0 radical (unpaired) electrons. The summed E-state index contributed by atoms with van der Waals surface area (Å²) in [6.07, 6.45) is 0. The first kappa shape index (κ1) is 26.6. The maximum absolute atomic E-state index is 5.23. The Morgan fingerprint density at radius 1 is 0.356 bits per heavy atom. The number of rotatable bonds is 6. The summed E-state index contributed by atoms with van der Waals surface area (Å²) in [5.41, 5.74) is 12.7. The molecular formula is C42H29N3. The molecular weight excluding hydrogens is 546 g/mol. The Labute approximate surface area is 262 Å². The van der Waals surface area contributed by atoms with E-state index in [1.165, 1.54) is 5.56 Å². The predicted molar refractivity (Wildman–Crippen MR) is 186 cm³/mol. The van der Waals surface area contributed by atoms with E-state index in [9.17, 15) is 0 Å². The molecule has 8 aromatic rings. The largest absolute Gasteiger partial charge is 0.248 e. The summed E-state index contributed by atoms with van der Waals surface area (Å²) in [6.45, 7) is 0. The molecule has 45 heavy (non-hydrogen) atoms. The SMILES string of the molecule is c1ccc(-c2cc(-c3ccccc3)nc(-c3cccc(-c4nn(-c5ccccc5)c5ccc(-c6ccccc6)cc45)c3)c2)cc1. The van der Waals surface area contributed by atoms with Gasteiger partial charge in [0.05, 0.1) is 22.6 Å². The Balaban J connectivity index is 1.30. The van der Waals surface area contributed by atoms with Gasteiger partial charge >= 0.3 is 0 Å². The molecule has 0 bridgehead atoms. The van der Waals surface area contributed by atoms with Gasteiger partial charge in [0.15, 0.2) is 0 Å². The Bertz CT molecular complexity index is 2180. The highest BCUT2D eigenvalue weighted by Gasteiger charge is 2.16. The fourth-order valence-corrected chi connectivity index (χ4v) is 5.97. The number of benzene rings is 6. The molecule has 3 nitrogen and oxygen atoms in total. The van der Waals surface area contributed by atoms with E-state index in [1.807, 2.05) is 16.8 Å². The zero-order valence-corrected chi connectivity index (χ0v) is 24.6. The number of hydrogen-bond donors (Lipinski definition) is 0. The van der Waals surface area contributed by atoms with E-state index in [-0.39, 0.29) is 0 Å². The lowest BCUT2D eigenvalue weighted by molar-refractivity contribution is 0.915. The van der Waals surface area contributed by atoms with E-state index in [0.717, 1.165) is 67.1 Å². The van der Waals surface area contributed by atoms with E-state index in [1.54, 1.807) is 0 Å². The first-order valence-electron chi connectivity index (χ1n) is 15.2. The molecule has 0 saturated carbocycles. The van der Waals surface area contributed by atoms with Gasteiger partial charge in [-0.15, -0.1) is 0 Å². The van der Waals surface area contributed by atoms with Crippen molar-refractivity contribution in [2.45, 2.75) is 0 Å². The van der Waals surface area contributed by atoms with E-state index in [0.29, 0.717) is 0 Å². The average molecular weight is 576 g/mol. The predicted octanol–water partition coefficient (Wildman–Crippen LogP) is 10.8. The van der Waals surface area contributed by atoms with Crippen molar-refractivity contribution in [1.82, 2.24) is 14.8 Å². The van der Waals surface area contributed by atoms with Crippen LogP contribution in [0.15, 0.2) is 176 Å².